The van der Waals surface area contributed by atoms with E-state index < -0.39 is 23.7 Å². The molecule has 7 heteroatoms. The van der Waals surface area contributed by atoms with Crippen LogP contribution in [0.5, 0.6) is 0 Å². The first-order chi connectivity index (χ1) is 10.4. The van der Waals surface area contributed by atoms with Gasteiger partial charge >= 0.3 is 5.97 Å². The van der Waals surface area contributed by atoms with Gasteiger partial charge in [0.25, 0.3) is 5.91 Å². The first kappa shape index (κ1) is 16.3. The van der Waals surface area contributed by atoms with E-state index >= 15 is 0 Å². The summed E-state index contributed by atoms with van der Waals surface area (Å²) < 4.78 is 12.9. The first-order valence-corrected chi connectivity index (χ1v) is 6.88. The van der Waals surface area contributed by atoms with Crippen LogP contribution in [0.1, 0.15) is 22.0 Å². The number of rotatable bonds is 4. The highest BCUT2D eigenvalue weighted by Gasteiger charge is 2.23. The fraction of sp³-hybridized carbons (Fsp3) is 0.0667. The monoisotopic (exact) mass is 341 g/mol. The zero-order valence-electron chi connectivity index (χ0n) is 11.0. The number of halogens is 3. The molecule has 0 heterocycles. The molecule has 22 heavy (non-hydrogen) atoms. The smallest absolute Gasteiger partial charge is 0.330 e. The number of hydrogen-bond acceptors (Lipinski definition) is 2. The van der Waals surface area contributed by atoms with Crippen LogP contribution in [0.4, 0.5) is 4.39 Å². The summed E-state index contributed by atoms with van der Waals surface area (Å²) in [7, 11) is 0. The van der Waals surface area contributed by atoms with E-state index in [-0.39, 0.29) is 21.2 Å². The van der Waals surface area contributed by atoms with Gasteiger partial charge in [0.1, 0.15) is 5.82 Å². The molecule has 0 aliphatic heterocycles. The van der Waals surface area contributed by atoms with Crippen molar-refractivity contribution in [1.82, 2.24) is 5.32 Å². The van der Waals surface area contributed by atoms with Crippen molar-refractivity contribution in [3.63, 3.8) is 0 Å². The van der Waals surface area contributed by atoms with Crippen molar-refractivity contribution in [2.24, 2.45) is 0 Å². The predicted molar refractivity (Wildman–Crippen MR) is 80.7 cm³/mol. The van der Waals surface area contributed by atoms with E-state index in [1.54, 1.807) is 0 Å². The topological polar surface area (TPSA) is 66.4 Å². The van der Waals surface area contributed by atoms with Gasteiger partial charge in [-0.3, -0.25) is 4.79 Å². The number of nitrogens with one attached hydrogen (secondary N) is 1. The van der Waals surface area contributed by atoms with Gasteiger partial charge in [0.2, 0.25) is 0 Å². The largest absolute Gasteiger partial charge is 0.479 e. The number of carbonyl (C=O) groups excluding carboxylic acids is 1. The Bertz CT molecular complexity index is 719. The summed E-state index contributed by atoms with van der Waals surface area (Å²) in [6.07, 6.45) is 0. The van der Waals surface area contributed by atoms with Crippen LogP contribution in [-0.2, 0) is 4.79 Å². The van der Waals surface area contributed by atoms with Crippen LogP contribution >= 0.6 is 23.2 Å². The Labute approximate surface area is 135 Å². The second-order valence-corrected chi connectivity index (χ2v) is 5.24. The molecule has 0 aliphatic carbocycles. The van der Waals surface area contributed by atoms with Gasteiger partial charge in [-0.25, -0.2) is 9.18 Å². The summed E-state index contributed by atoms with van der Waals surface area (Å²) >= 11 is 11.6. The number of aliphatic carboxylic acids is 1. The normalized spacial score (nSPS) is 11.8. The molecular formula is C15H10Cl2FNO3. The van der Waals surface area contributed by atoms with Crippen LogP contribution in [0, 0.1) is 5.82 Å². The Morgan fingerprint density at radius 2 is 1.68 bits per heavy atom. The summed E-state index contributed by atoms with van der Waals surface area (Å²) in [6.45, 7) is 0. The minimum Gasteiger partial charge on any atom is -0.479 e. The third kappa shape index (κ3) is 3.75. The molecule has 0 aliphatic rings. The lowest BCUT2D eigenvalue weighted by Crippen LogP contribution is -2.33. The molecule has 0 bridgehead atoms. The molecule has 2 N–H and O–H groups in total. The van der Waals surface area contributed by atoms with Gasteiger partial charge in [0.15, 0.2) is 6.04 Å². The highest BCUT2D eigenvalue weighted by atomic mass is 35.5. The van der Waals surface area contributed by atoms with Crippen LogP contribution in [0.15, 0.2) is 42.5 Å². The molecule has 2 rings (SSSR count). The SMILES string of the molecule is O=C(N[C@@H](C(=O)O)c1ccc(F)cc1)c1ccc(Cl)c(Cl)c1. The molecular weight excluding hydrogens is 332 g/mol. The number of amides is 1. The zero-order valence-corrected chi connectivity index (χ0v) is 12.5. The highest BCUT2D eigenvalue weighted by Crippen LogP contribution is 2.23. The fourth-order valence-electron chi connectivity index (χ4n) is 1.79. The average molecular weight is 342 g/mol. The standard InChI is InChI=1S/C15H10Cl2FNO3/c16-11-6-3-9(7-12(11)17)14(20)19-13(15(21)22)8-1-4-10(18)5-2-8/h1-7,13H,(H,19,20)(H,21,22)/t13-/m1/s1. The first-order valence-electron chi connectivity index (χ1n) is 6.12. The molecule has 2 aromatic carbocycles. The van der Waals surface area contributed by atoms with Crippen LogP contribution < -0.4 is 5.32 Å². The Kier molecular flexibility index (Phi) is 5.00. The third-order valence-corrected chi connectivity index (χ3v) is 3.65. The van der Waals surface area contributed by atoms with E-state index in [0.29, 0.717) is 0 Å². The predicted octanol–water partition coefficient (Wildman–Crippen LogP) is 3.69. The van der Waals surface area contributed by atoms with Gasteiger partial charge in [-0.2, -0.15) is 0 Å². The maximum atomic E-state index is 12.9. The molecule has 114 valence electrons. The van der Waals surface area contributed by atoms with E-state index in [2.05, 4.69) is 5.32 Å². The van der Waals surface area contributed by atoms with Gasteiger partial charge in [-0.15, -0.1) is 0 Å². The average Bonchev–Trinajstić information content (AvgIpc) is 2.48. The maximum absolute atomic E-state index is 12.9. The van der Waals surface area contributed by atoms with E-state index in [1.807, 2.05) is 0 Å². The number of carbonyl (C=O) groups is 2. The van der Waals surface area contributed by atoms with E-state index in [0.717, 1.165) is 12.1 Å². The molecule has 0 spiro atoms. The third-order valence-electron chi connectivity index (χ3n) is 2.91. The molecule has 0 radical (unpaired) electrons. The van der Waals surface area contributed by atoms with Gasteiger partial charge in [-0.1, -0.05) is 35.3 Å². The number of hydrogen-bond donors (Lipinski definition) is 2. The molecule has 0 fully saturated rings. The van der Waals surface area contributed by atoms with Crippen LogP contribution in [0.2, 0.25) is 10.0 Å². The van der Waals surface area contributed by atoms with Crippen molar-refractivity contribution >= 4 is 35.1 Å². The minimum atomic E-state index is -1.30. The van der Waals surface area contributed by atoms with Gasteiger partial charge < -0.3 is 10.4 Å². The molecule has 4 nitrogen and oxygen atoms in total. The number of carboxylic acid groups (broad SMARTS) is 1. The molecule has 1 amide bonds. The van der Waals surface area contributed by atoms with Crippen molar-refractivity contribution in [2.75, 3.05) is 0 Å². The van der Waals surface area contributed by atoms with E-state index in [4.69, 9.17) is 23.2 Å². The number of benzene rings is 2. The lowest BCUT2D eigenvalue weighted by molar-refractivity contribution is -0.139. The van der Waals surface area contributed by atoms with Crippen LogP contribution in [-0.4, -0.2) is 17.0 Å². The van der Waals surface area contributed by atoms with Crippen molar-refractivity contribution in [1.29, 1.82) is 0 Å². The van der Waals surface area contributed by atoms with Gasteiger partial charge in [0.05, 0.1) is 10.0 Å². The fourth-order valence-corrected chi connectivity index (χ4v) is 2.09. The molecule has 0 saturated heterocycles. The molecule has 2 aromatic rings. The van der Waals surface area contributed by atoms with Crippen molar-refractivity contribution in [3.05, 3.63) is 69.5 Å². The lowest BCUT2D eigenvalue weighted by atomic mass is 10.1. The summed E-state index contributed by atoms with van der Waals surface area (Å²) in [5.41, 5.74) is 0.421. The molecule has 1 atom stereocenters. The van der Waals surface area contributed by atoms with Crippen molar-refractivity contribution in [2.45, 2.75) is 6.04 Å². The summed E-state index contributed by atoms with van der Waals surface area (Å²) in [4.78, 5) is 23.4. The van der Waals surface area contributed by atoms with Crippen molar-refractivity contribution < 1.29 is 19.1 Å². The van der Waals surface area contributed by atoms with Gasteiger partial charge in [-0.05, 0) is 35.9 Å². The molecule has 0 saturated carbocycles. The quantitative estimate of drug-likeness (QED) is 0.891. The van der Waals surface area contributed by atoms with E-state index in [9.17, 15) is 19.1 Å². The Morgan fingerprint density at radius 3 is 2.23 bits per heavy atom. The summed E-state index contributed by atoms with van der Waals surface area (Å²) in [5.74, 6) is -2.39. The number of carboxylic acids is 1. The lowest BCUT2D eigenvalue weighted by Gasteiger charge is -2.15. The molecule has 0 unspecified atom stereocenters. The van der Waals surface area contributed by atoms with Crippen LogP contribution in [0.25, 0.3) is 0 Å². The minimum absolute atomic E-state index is 0.169. The molecule has 0 aromatic heterocycles. The second kappa shape index (κ2) is 6.77. The van der Waals surface area contributed by atoms with E-state index in [1.165, 1.54) is 30.3 Å². The maximum Gasteiger partial charge on any atom is 0.330 e. The second-order valence-electron chi connectivity index (χ2n) is 4.43. The summed E-state index contributed by atoms with van der Waals surface area (Å²) in [6, 6.07) is 7.73. The zero-order chi connectivity index (χ0) is 16.3. The van der Waals surface area contributed by atoms with Gasteiger partial charge in [0, 0.05) is 5.56 Å². The van der Waals surface area contributed by atoms with Crippen molar-refractivity contribution in [3.8, 4) is 0 Å². The summed E-state index contributed by atoms with van der Waals surface area (Å²) in [5, 5.41) is 12.1. The van der Waals surface area contributed by atoms with Crippen LogP contribution in [0.3, 0.4) is 0 Å². The Balaban J connectivity index is 2.24. The highest BCUT2D eigenvalue weighted by molar-refractivity contribution is 6.42. The Hall–Kier alpha value is -2.11. The Morgan fingerprint density at radius 1 is 1.05 bits per heavy atom.